The molecule has 2 unspecified atom stereocenters. The fourth-order valence-electron chi connectivity index (χ4n) is 5.28. The number of rotatable bonds is 6. The Morgan fingerprint density at radius 3 is 2.56 bits per heavy atom. The lowest BCUT2D eigenvalue weighted by Crippen LogP contribution is -2.59. The molecule has 2 N–H and O–H groups in total. The second kappa shape index (κ2) is 9.08. The minimum atomic E-state index is -0.633. The summed E-state index contributed by atoms with van der Waals surface area (Å²) in [5.74, 6) is -0.441. The number of benzene rings is 1. The molecule has 0 radical (unpaired) electrons. The molecule has 4 rings (SSSR count). The standard InChI is InChI=1S/C25H35N3O3S/c1-5-15(2)19(21(29)26-16-11-7-6-8-12-16)27-22(30)20-25(3,4)32-24-18-14-10-9-13-17(18)23(31)28(20)24/h9-10,13-16,19-20,24H,5-8,11-12H2,1-4H3,(H,26,29)(H,27,30)/t15?,19-,20+,24?/m0/s1. The Kier molecular flexibility index (Phi) is 6.57. The zero-order chi connectivity index (χ0) is 23.0. The average Bonchev–Trinajstić information content (AvgIpc) is 3.21. The number of hydrogen-bond donors (Lipinski definition) is 2. The van der Waals surface area contributed by atoms with E-state index in [1.54, 1.807) is 16.7 Å². The van der Waals surface area contributed by atoms with Crippen molar-refractivity contribution in [3.8, 4) is 0 Å². The van der Waals surface area contributed by atoms with E-state index in [2.05, 4.69) is 10.6 Å². The molecule has 4 atom stereocenters. The number of carbonyl (C=O) groups excluding carboxylic acids is 3. The summed E-state index contributed by atoms with van der Waals surface area (Å²) in [5, 5.41) is 6.07. The maximum atomic E-state index is 13.6. The number of hydrogen-bond acceptors (Lipinski definition) is 4. The number of fused-ring (bicyclic) bond motifs is 3. The number of thioether (sulfide) groups is 1. The largest absolute Gasteiger partial charge is 0.352 e. The van der Waals surface area contributed by atoms with Crippen LogP contribution in [0.4, 0.5) is 0 Å². The van der Waals surface area contributed by atoms with Crippen LogP contribution >= 0.6 is 11.8 Å². The van der Waals surface area contributed by atoms with Crippen LogP contribution < -0.4 is 10.6 Å². The van der Waals surface area contributed by atoms with Crippen LogP contribution in [-0.4, -0.2) is 45.5 Å². The Bertz CT molecular complexity index is 896. The topological polar surface area (TPSA) is 78.5 Å². The number of nitrogens with zero attached hydrogens (tertiary/aromatic N) is 1. The summed E-state index contributed by atoms with van der Waals surface area (Å²) in [6.45, 7) is 8.05. The van der Waals surface area contributed by atoms with Gasteiger partial charge >= 0.3 is 0 Å². The van der Waals surface area contributed by atoms with E-state index in [1.807, 2.05) is 52.0 Å². The van der Waals surface area contributed by atoms with Gasteiger partial charge in [-0.25, -0.2) is 0 Å². The summed E-state index contributed by atoms with van der Waals surface area (Å²) in [7, 11) is 0. The number of nitrogens with one attached hydrogen (secondary N) is 2. The molecule has 1 aliphatic carbocycles. The van der Waals surface area contributed by atoms with Gasteiger partial charge in [0.1, 0.15) is 17.5 Å². The smallest absolute Gasteiger partial charge is 0.256 e. The minimum Gasteiger partial charge on any atom is -0.352 e. The third-order valence-electron chi connectivity index (χ3n) is 7.29. The van der Waals surface area contributed by atoms with Crippen LogP contribution in [0.3, 0.4) is 0 Å². The fraction of sp³-hybridized carbons (Fsp3) is 0.640. The Labute approximate surface area is 195 Å². The first-order chi connectivity index (χ1) is 15.2. The maximum absolute atomic E-state index is 13.6. The molecule has 1 saturated carbocycles. The highest BCUT2D eigenvalue weighted by atomic mass is 32.2. The molecule has 3 aliphatic rings. The SMILES string of the molecule is CCC(C)[C@H](NC(=O)[C@H]1N2C(=O)c3ccccc3C2SC1(C)C)C(=O)NC1CCCCC1. The highest BCUT2D eigenvalue weighted by molar-refractivity contribution is 8.01. The Hall–Kier alpha value is -2.02. The molecular weight excluding hydrogens is 422 g/mol. The Morgan fingerprint density at radius 1 is 1.19 bits per heavy atom. The summed E-state index contributed by atoms with van der Waals surface area (Å²) in [6.07, 6.45) is 6.28. The summed E-state index contributed by atoms with van der Waals surface area (Å²) in [4.78, 5) is 41.7. The summed E-state index contributed by atoms with van der Waals surface area (Å²) in [5.41, 5.74) is 1.64. The molecule has 1 aromatic carbocycles. The first kappa shape index (κ1) is 23.1. The lowest BCUT2D eigenvalue weighted by Gasteiger charge is -2.33. The Balaban J connectivity index is 1.53. The van der Waals surface area contributed by atoms with Crippen molar-refractivity contribution in [2.24, 2.45) is 5.92 Å². The molecule has 0 aromatic heterocycles. The summed E-state index contributed by atoms with van der Waals surface area (Å²) < 4.78 is -0.461. The average molecular weight is 458 g/mol. The van der Waals surface area contributed by atoms with Gasteiger partial charge in [-0.05, 0) is 44.2 Å². The van der Waals surface area contributed by atoms with Crippen LogP contribution in [0, 0.1) is 5.92 Å². The molecule has 174 valence electrons. The van der Waals surface area contributed by atoms with Gasteiger partial charge in [0.15, 0.2) is 0 Å². The molecular formula is C25H35N3O3S. The molecule has 2 heterocycles. The summed E-state index contributed by atoms with van der Waals surface area (Å²) >= 11 is 1.64. The predicted molar refractivity (Wildman–Crippen MR) is 127 cm³/mol. The molecule has 6 nitrogen and oxygen atoms in total. The molecule has 2 fully saturated rings. The zero-order valence-electron chi connectivity index (χ0n) is 19.5. The third kappa shape index (κ3) is 4.16. The highest BCUT2D eigenvalue weighted by Gasteiger charge is 2.57. The van der Waals surface area contributed by atoms with Crippen molar-refractivity contribution >= 4 is 29.5 Å². The molecule has 1 aromatic rings. The molecule has 1 saturated heterocycles. The molecule has 32 heavy (non-hydrogen) atoms. The molecule has 0 spiro atoms. The molecule has 2 aliphatic heterocycles. The van der Waals surface area contributed by atoms with Crippen molar-refractivity contribution in [3.63, 3.8) is 0 Å². The van der Waals surface area contributed by atoms with E-state index in [0.29, 0.717) is 5.56 Å². The van der Waals surface area contributed by atoms with Crippen LogP contribution in [0.15, 0.2) is 24.3 Å². The predicted octanol–water partition coefficient (Wildman–Crippen LogP) is 4.01. The lowest BCUT2D eigenvalue weighted by atomic mass is 9.93. The van der Waals surface area contributed by atoms with Gasteiger partial charge in [-0.15, -0.1) is 11.8 Å². The van der Waals surface area contributed by atoms with E-state index in [9.17, 15) is 14.4 Å². The Morgan fingerprint density at radius 2 is 1.88 bits per heavy atom. The van der Waals surface area contributed by atoms with Crippen LogP contribution in [0.5, 0.6) is 0 Å². The van der Waals surface area contributed by atoms with Gasteiger partial charge in [0.2, 0.25) is 11.8 Å². The van der Waals surface area contributed by atoms with Crippen molar-refractivity contribution in [1.29, 1.82) is 0 Å². The third-order valence-corrected chi connectivity index (χ3v) is 8.82. The van der Waals surface area contributed by atoms with Crippen molar-refractivity contribution in [2.75, 3.05) is 0 Å². The monoisotopic (exact) mass is 457 g/mol. The highest BCUT2D eigenvalue weighted by Crippen LogP contribution is 2.56. The van der Waals surface area contributed by atoms with Crippen LogP contribution in [0.25, 0.3) is 0 Å². The van der Waals surface area contributed by atoms with E-state index in [-0.39, 0.29) is 35.1 Å². The van der Waals surface area contributed by atoms with E-state index >= 15 is 0 Å². The van der Waals surface area contributed by atoms with Gasteiger partial charge in [-0.2, -0.15) is 0 Å². The first-order valence-corrected chi connectivity index (χ1v) is 12.8. The van der Waals surface area contributed by atoms with Crippen molar-refractivity contribution in [3.05, 3.63) is 35.4 Å². The molecule has 7 heteroatoms. The van der Waals surface area contributed by atoms with Crippen LogP contribution in [0.2, 0.25) is 0 Å². The van der Waals surface area contributed by atoms with Crippen LogP contribution in [-0.2, 0) is 9.59 Å². The normalized spacial score (nSPS) is 26.2. The number of amides is 3. The van der Waals surface area contributed by atoms with E-state index in [1.165, 1.54) is 6.42 Å². The van der Waals surface area contributed by atoms with Crippen molar-refractivity contribution in [2.45, 2.75) is 94.5 Å². The van der Waals surface area contributed by atoms with Gasteiger partial charge in [0, 0.05) is 16.4 Å². The van der Waals surface area contributed by atoms with Gasteiger partial charge in [0.05, 0.1) is 0 Å². The van der Waals surface area contributed by atoms with Crippen molar-refractivity contribution < 1.29 is 14.4 Å². The van der Waals surface area contributed by atoms with Crippen molar-refractivity contribution in [1.82, 2.24) is 15.5 Å². The van der Waals surface area contributed by atoms with Crippen LogP contribution in [0.1, 0.15) is 87.5 Å². The second-order valence-electron chi connectivity index (χ2n) is 9.99. The van der Waals surface area contributed by atoms with Gasteiger partial charge in [0.25, 0.3) is 5.91 Å². The zero-order valence-corrected chi connectivity index (χ0v) is 20.3. The van der Waals surface area contributed by atoms with Gasteiger partial charge < -0.3 is 15.5 Å². The summed E-state index contributed by atoms with van der Waals surface area (Å²) in [6, 6.07) is 6.56. The minimum absolute atomic E-state index is 0.00184. The van der Waals surface area contributed by atoms with Gasteiger partial charge in [-0.1, -0.05) is 57.7 Å². The first-order valence-electron chi connectivity index (χ1n) is 11.9. The fourth-order valence-corrected chi connectivity index (χ4v) is 6.87. The maximum Gasteiger partial charge on any atom is 0.256 e. The quantitative estimate of drug-likeness (QED) is 0.676. The number of carbonyl (C=O) groups is 3. The van der Waals surface area contributed by atoms with E-state index in [4.69, 9.17) is 0 Å². The molecule has 0 bridgehead atoms. The second-order valence-corrected chi connectivity index (χ2v) is 11.7. The van der Waals surface area contributed by atoms with E-state index in [0.717, 1.165) is 37.7 Å². The molecule has 3 amide bonds. The van der Waals surface area contributed by atoms with Gasteiger partial charge in [-0.3, -0.25) is 14.4 Å². The van der Waals surface area contributed by atoms with E-state index < -0.39 is 16.8 Å². The lowest BCUT2D eigenvalue weighted by molar-refractivity contribution is -0.133.